The SMILES string of the molecule is Cc1nn(C)c(C)c1CNC1COC1. The summed E-state index contributed by atoms with van der Waals surface area (Å²) in [7, 11) is 1.98. The molecule has 4 nitrogen and oxygen atoms in total. The molecule has 1 saturated heterocycles. The lowest BCUT2D eigenvalue weighted by Crippen LogP contribution is -2.45. The first-order valence-electron chi connectivity index (χ1n) is 4.98. The maximum absolute atomic E-state index is 5.11. The molecule has 78 valence electrons. The Labute approximate surface area is 84.3 Å². The molecule has 14 heavy (non-hydrogen) atoms. The Balaban J connectivity index is 2.00. The molecule has 0 saturated carbocycles. The van der Waals surface area contributed by atoms with Crippen LogP contribution in [0.1, 0.15) is 17.0 Å². The number of ether oxygens (including phenoxy) is 1. The minimum atomic E-state index is 0.536. The molecular formula is C10H17N3O. The molecule has 0 bridgehead atoms. The van der Waals surface area contributed by atoms with Gasteiger partial charge in [-0.25, -0.2) is 0 Å². The van der Waals surface area contributed by atoms with Crippen molar-refractivity contribution >= 4 is 0 Å². The lowest BCUT2D eigenvalue weighted by Gasteiger charge is -2.27. The van der Waals surface area contributed by atoms with Crippen molar-refractivity contribution in [3.05, 3.63) is 17.0 Å². The second-order valence-electron chi connectivity index (χ2n) is 3.89. The van der Waals surface area contributed by atoms with Crippen LogP contribution in [-0.4, -0.2) is 29.0 Å². The molecule has 4 heteroatoms. The van der Waals surface area contributed by atoms with Crippen LogP contribution in [0.2, 0.25) is 0 Å². The van der Waals surface area contributed by atoms with Crippen molar-refractivity contribution < 1.29 is 4.74 Å². The summed E-state index contributed by atoms with van der Waals surface area (Å²) in [6.07, 6.45) is 0. The zero-order valence-corrected chi connectivity index (χ0v) is 9.00. The third-order valence-electron chi connectivity index (χ3n) is 2.86. The smallest absolute Gasteiger partial charge is 0.0643 e. The van der Waals surface area contributed by atoms with Crippen LogP contribution in [0.5, 0.6) is 0 Å². The van der Waals surface area contributed by atoms with Gasteiger partial charge in [0, 0.05) is 24.8 Å². The first-order valence-corrected chi connectivity index (χ1v) is 4.98. The molecule has 0 aliphatic carbocycles. The molecule has 1 aliphatic rings. The fraction of sp³-hybridized carbons (Fsp3) is 0.700. The van der Waals surface area contributed by atoms with Gasteiger partial charge in [0.2, 0.25) is 0 Å². The van der Waals surface area contributed by atoms with Gasteiger partial charge in [-0.1, -0.05) is 0 Å². The third-order valence-corrected chi connectivity index (χ3v) is 2.86. The predicted octanol–water partition coefficient (Wildman–Crippen LogP) is 0.525. The largest absolute Gasteiger partial charge is 0.378 e. The average molecular weight is 195 g/mol. The normalized spacial score (nSPS) is 17.1. The first kappa shape index (κ1) is 9.68. The van der Waals surface area contributed by atoms with Gasteiger partial charge in [0.25, 0.3) is 0 Å². The van der Waals surface area contributed by atoms with Crippen molar-refractivity contribution in [2.24, 2.45) is 7.05 Å². The van der Waals surface area contributed by atoms with Crippen LogP contribution < -0.4 is 5.32 Å². The Kier molecular flexibility index (Phi) is 2.56. The zero-order valence-electron chi connectivity index (χ0n) is 9.00. The van der Waals surface area contributed by atoms with E-state index in [0.29, 0.717) is 6.04 Å². The minimum absolute atomic E-state index is 0.536. The highest BCUT2D eigenvalue weighted by Gasteiger charge is 2.18. The molecule has 1 N–H and O–H groups in total. The van der Waals surface area contributed by atoms with E-state index in [1.165, 1.54) is 11.3 Å². The highest BCUT2D eigenvalue weighted by Crippen LogP contribution is 2.12. The van der Waals surface area contributed by atoms with Crippen LogP contribution in [0.15, 0.2) is 0 Å². The number of hydrogen-bond donors (Lipinski definition) is 1. The van der Waals surface area contributed by atoms with Gasteiger partial charge in [-0.15, -0.1) is 0 Å². The number of rotatable bonds is 3. The van der Waals surface area contributed by atoms with Gasteiger partial charge in [0.1, 0.15) is 0 Å². The molecule has 0 amide bonds. The van der Waals surface area contributed by atoms with Crippen molar-refractivity contribution in [1.29, 1.82) is 0 Å². The Bertz CT molecular complexity index is 328. The highest BCUT2D eigenvalue weighted by molar-refractivity contribution is 5.24. The van der Waals surface area contributed by atoms with E-state index in [4.69, 9.17) is 4.74 Å². The monoisotopic (exact) mass is 195 g/mol. The molecule has 0 radical (unpaired) electrons. The Hall–Kier alpha value is -0.870. The second-order valence-corrected chi connectivity index (χ2v) is 3.89. The maximum atomic E-state index is 5.11. The zero-order chi connectivity index (χ0) is 10.1. The van der Waals surface area contributed by atoms with Crippen molar-refractivity contribution in [2.75, 3.05) is 13.2 Å². The molecule has 1 aromatic rings. The Morgan fingerprint density at radius 3 is 2.64 bits per heavy atom. The molecule has 0 atom stereocenters. The third kappa shape index (κ3) is 1.67. The van der Waals surface area contributed by atoms with Gasteiger partial charge < -0.3 is 10.1 Å². The van der Waals surface area contributed by atoms with E-state index < -0.39 is 0 Å². The lowest BCUT2D eigenvalue weighted by molar-refractivity contribution is -0.00582. The van der Waals surface area contributed by atoms with Gasteiger partial charge >= 0.3 is 0 Å². The molecule has 1 aliphatic heterocycles. The summed E-state index contributed by atoms with van der Waals surface area (Å²) < 4.78 is 7.04. The average Bonchev–Trinajstić information content (AvgIpc) is 2.28. The number of hydrogen-bond acceptors (Lipinski definition) is 3. The van der Waals surface area contributed by atoms with E-state index in [2.05, 4.69) is 24.3 Å². The molecule has 1 fully saturated rings. The number of nitrogens with one attached hydrogen (secondary N) is 1. The van der Waals surface area contributed by atoms with Crippen LogP contribution >= 0.6 is 0 Å². The summed E-state index contributed by atoms with van der Waals surface area (Å²) >= 11 is 0. The van der Waals surface area contributed by atoms with Crippen LogP contribution in [-0.2, 0) is 18.3 Å². The summed E-state index contributed by atoms with van der Waals surface area (Å²) in [4.78, 5) is 0. The van der Waals surface area contributed by atoms with E-state index >= 15 is 0 Å². The second kappa shape index (κ2) is 3.71. The first-order chi connectivity index (χ1) is 6.68. The summed E-state index contributed by atoms with van der Waals surface area (Å²) in [6.45, 7) is 6.76. The van der Waals surface area contributed by atoms with Crippen molar-refractivity contribution in [3.8, 4) is 0 Å². The van der Waals surface area contributed by atoms with Crippen molar-refractivity contribution in [2.45, 2.75) is 26.4 Å². The Morgan fingerprint density at radius 1 is 1.50 bits per heavy atom. The van der Waals surface area contributed by atoms with Crippen LogP contribution in [0.4, 0.5) is 0 Å². The van der Waals surface area contributed by atoms with E-state index in [9.17, 15) is 0 Å². The quantitative estimate of drug-likeness (QED) is 0.764. The predicted molar refractivity (Wildman–Crippen MR) is 54.1 cm³/mol. The van der Waals surface area contributed by atoms with Gasteiger partial charge in [0.15, 0.2) is 0 Å². The summed E-state index contributed by atoms with van der Waals surface area (Å²) in [5.41, 5.74) is 3.69. The fourth-order valence-electron chi connectivity index (χ4n) is 1.67. The molecule has 0 aromatic carbocycles. The van der Waals surface area contributed by atoms with Gasteiger partial charge in [-0.3, -0.25) is 4.68 Å². The lowest BCUT2D eigenvalue weighted by atomic mass is 10.1. The molecule has 2 heterocycles. The number of aromatic nitrogens is 2. The fourth-order valence-corrected chi connectivity index (χ4v) is 1.67. The van der Waals surface area contributed by atoms with Crippen LogP contribution in [0.3, 0.4) is 0 Å². The van der Waals surface area contributed by atoms with Gasteiger partial charge in [-0.2, -0.15) is 5.10 Å². The standard InChI is InChI=1S/C10H17N3O/c1-7-10(8(2)13(3)12-7)4-11-9-5-14-6-9/h9,11H,4-6H2,1-3H3. The van der Waals surface area contributed by atoms with Gasteiger partial charge in [-0.05, 0) is 13.8 Å². The molecule has 0 spiro atoms. The van der Waals surface area contributed by atoms with Crippen molar-refractivity contribution in [3.63, 3.8) is 0 Å². The topological polar surface area (TPSA) is 39.1 Å². The van der Waals surface area contributed by atoms with Gasteiger partial charge in [0.05, 0.1) is 24.9 Å². The number of aryl methyl sites for hydroxylation is 2. The van der Waals surface area contributed by atoms with E-state index in [1.807, 2.05) is 11.7 Å². The van der Waals surface area contributed by atoms with E-state index in [-0.39, 0.29) is 0 Å². The van der Waals surface area contributed by atoms with E-state index in [0.717, 1.165) is 25.5 Å². The van der Waals surface area contributed by atoms with Crippen LogP contribution in [0.25, 0.3) is 0 Å². The summed E-state index contributed by atoms with van der Waals surface area (Å²) in [5, 5.41) is 7.83. The maximum Gasteiger partial charge on any atom is 0.0643 e. The van der Waals surface area contributed by atoms with Crippen molar-refractivity contribution in [1.82, 2.24) is 15.1 Å². The highest BCUT2D eigenvalue weighted by atomic mass is 16.5. The Morgan fingerprint density at radius 2 is 2.21 bits per heavy atom. The molecular weight excluding hydrogens is 178 g/mol. The van der Waals surface area contributed by atoms with Crippen LogP contribution in [0, 0.1) is 13.8 Å². The minimum Gasteiger partial charge on any atom is -0.378 e. The molecule has 0 unspecified atom stereocenters. The molecule has 2 rings (SSSR count). The van der Waals surface area contributed by atoms with E-state index in [1.54, 1.807) is 0 Å². The summed E-state index contributed by atoms with van der Waals surface area (Å²) in [6, 6.07) is 0.536. The number of nitrogens with zero attached hydrogens (tertiary/aromatic N) is 2. The molecule has 1 aromatic heterocycles. The summed E-state index contributed by atoms with van der Waals surface area (Å²) in [5.74, 6) is 0.